The number of hydrogen-bond acceptors (Lipinski definition) is 8. The topological polar surface area (TPSA) is 114 Å². The van der Waals surface area contributed by atoms with E-state index in [1.54, 1.807) is 29.4 Å². The van der Waals surface area contributed by atoms with Gasteiger partial charge in [-0.15, -0.1) is 0 Å². The fourth-order valence-corrected chi connectivity index (χ4v) is 3.20. The van der Waals surface area contributed by atoms with Crippen molar-refractivity contribution in [3.05, 3.63) is 46.9 Å². The van der Waals surface area contributed by atoms with Crippen LogP contribution < -0.4 is 15.0 Å². The Morgan fingerprint density at radius 3 is 2.55 bits per heavy atom. The lowest BCUT2D eigenvalue weighted by atomic mass is 9.99. The molecule has 1 aliphatic heterocycles. The molecule has 0 unspecified atom stereocenters. The van der Waals surface area contributed by atoms with E-state index in [-0.39, 0.29) is 23.0 Å². The second-order valence-corrected chi connectivity index (χ2v) is 6.86. The summed E-state index contributed by atoms with van der Waals surface area (Å²) in [6.45, 7) is 0. The predicted molar refractivity (Wildman–Crippen MR) is 108 cm³/mol. The third kappa shape index (κ3) is 3.25. The van der Waals surface area contributed by atoms with E-state index in [9.17, 15) is 9.90 Å². The molecule has 1 aliphatic rings. The summed E-state index contributed by atoms with van der Waals surface area (Å²) in [5.41, 5.74) is 2.28. The molecule has 2 N–H and O–H groups in total. The molecular weight excluding hydrogens is 398 g/mol. The third-order valence-corrected chi connectivity index (χ3v) is 4.68. The van der Waals surface area contributed by atoms with Gasteiger partial charge in [0, 0.05) is 43.2 Å². The fraction of sp³-hybridized carbons (Fsp3) is 0.158. The zero-order chi connectivity index (χ0) is 20.7. The Hall–Kier alpha value is -3.59. The van der Waals surface area contributed by atoms with Gasteiger partial charge >= 0.3 is 0 Å². The van der Waals surface area contributed by atoms with E-state index in [2.05, 4.69) is 20.4 Å². The normalized spacial score (nSPS) is 14.4. The van der Waals surface area contributed by atoms with Crippen LogP contribution in [0.1, 0.15) is 11.3 Å². The van der Waals surface area contributed by atoms with Crippen LogP contribution in [-0.2, 0) is 4.79 Å². The van der Waals surface area contributed by atoms with Gasteiger partial charge in [-0.05, 0) is 17.3 Å². The molecule has 4 rings (SSSR count). The first-order valence-corrected chi connectivity index (χ1v) is 8.86. The standard InChI is InChI=1S/C19H16ClN5O4/c1-25(2)19-21-7-9(8-22-19)10-4-11-13(5-12(10)20)23-18(27)16(11)17(26)14-6-15(28-3)24-29-14/h4-8,26H,1-3H3,(H,23,27)/b17-16+. The number of hydrogen-bond donors (Lipinski definition) is 2. The lowest BCUT2D eigenvalue weighted by molar-refractivity contribution is -0.110. The minimum Gasteiger partial charge on any atom is -0.504 e. The molecule has 0 aliphatic carbocycles. The van der Waals surface area contributed by atoms with E-state index in [1.165, 1.54) is 13.2 Å². The molecule has 29 heavy (non-hydrogen) atoms. The lowest BCUT2D eigenvalue weighted by Gasteiger charge is -2.11. The van der Waals surface area contributed by atoms with Gasteiger partial charge in [-0.2, -0.15) is 0 Å². The van der Waals surface area contributed by atoms with Crippen molar-refractivity contribution in [2.75, 3.05) is 31.4 Å². The minimum atomic E-state index is -0.486. The van der Waals surface area contributed by atoms with Crippen LogP contribution in [0.5, 0.6) is 5.88 Å². The van der Waals surface area contributed by atoms with Crippen LogP contribution in [0, 0.1) is 0 Å². The molecule has 3 aromatic rings. The summed E-state index contributed by atoms with van der Waals surface area (Å²) in [6.07, 6.45) is 3.29. The molecule has 1 amide bonds. The van der Waals surface area contributed by atoms with Gasteiger partial charge in [0.2, 0.25) is 11.7 Å². The molecule has 148 valence electrons. The number of rotatable bonds is 4. The van der Waals surface area contributed by atoms with Gasteiger partial charge in [-0.3, -0.25) is 4.79 Å². The Morgan fingerprint density at radius 1 is 1.21 bits per heavy atom. The second kappa shape index (κ2) is 7.10. The molecule has 0 atom stereocenters. The Balaban J connectivity index is 1.82. The van der Waals surface area contributed by atoms with Crippen LogP contribution in [0.3, 0.4) is 0 Å². The highest BCUT2D eigenvalue weighted by Gasteiger charge is 2.31. The van der Waals surface area contributed by atoms with Gasteiger partial charge in [0.1, 0.15) is 0 Å². The van der Waals surface area contributed by atoms with E-state index in [1.807, 2.05) is 14.1 Å². The van der Waals surface area contributed by atoms with Gasteiger partial charge in [-0.25, -0.2) is 9.97 Å². The number of carbonyl (C=O) groups excluding carboxylic acids is 1. The molecule has 2 aromatic heterocycles. The van der Waals surface area contributed by atoms with Crippen molar-refractivity contribution >= 4 is 40.5 Å². The Morgan fingerprint density at radius 2 is 1.93 bits per heavy atom. The van der Waals surface area contributed by atoms with Crippen LogP contribution in [0.15, 0.2) is 35.1 Å². The Bertz CT molecular complexity index is 1140. The average Bonchev–Trinajstić information content (AvgIpc) is 3.30. The van der Waals surface area contributed by atoms with Crippen molar-refractivity contribution in [2.45, 2.75) is 0 Å². The maximum absolute atomic E-state index is 12.5. The maximum atomic E-state index is 12.5. The quantitative estimate of drug-likeness (QED) is 0.495. The number of fused-ring (bicyclic) bond motifs is 1. The van der Waals surface area contributed by atoms with Crippen molar-refractivity contribution in [1.29, 1.82) is 0 Å². The Kier molecular flexibility index (Phi) is 4.59. The summed E-state index contributed by atoms with van der Waals surface area (Å²) in [6, 6.07) is 4.70. The summed E-state index contributed by atoms with van der Waals surface area (Å²) in [5.74, 6) is -0.0964. The molecule has 0 bridgehead atoms. The number of nitrogens with one attached hydrogen (secondary N) is 1. The van der Waals surface area contributed by atoms with E-state index in [0.29, 0.717) is 33.3 Å². The summed E-state index contributed by atoms with van der Waals surface area (Å²) in [5, 5.41) is 17.4. The van der Waals surface area contributed by atoms with Crippen molar-refractivity contribution in [3.8, 4) is 17.0 Å². The molecule has 0 fully saturated rings. The second-order valence-electron chi connectivity index (χ2n) is 6.46. The van der Waals surface area contributed by atoms with E-state index in [4.69, 9.17) is 20.9 Å². The minimum absolute atomic E-state index is 0.00928. The number of aliphatic hydroxyl groups is 1. The van der Waals surface area contributed by atoms with Crippen LogP contribution in [-0.4, -0.2) is 47.3 Å². The van der Waals surface area contributed by atoms with Gasteiger partial charge < -0.3 is 24.6 Å². The number of ether oxygens (including phenoxy) is 1. The van der Waals surface area contributed by atoms with Crippen molar-refractivity contribution in [2.24, 2.45) is 0 Å². The largest absolute Gasteiger partial charge is 0.504 e. The molecule has 0 radical (unpaired) electrons. The predicted octanol–water partition coefficient (Wildman–Crippen LogP) is 3.24. The van der Waals surface area contributed by atoms with E-state index in [0.717, 1.165) is 0 Å². The first-order valence-electron chi connectivity index (χ1n) is 8.48. The summed E-state index contributed by atoms with van der Waals surface area (Å²) >= 11 is 6.42. The number of halogens is 1. The molecule has 10 heteroatoms. The smallest absolute Gasteiger partial charge is 0.260 e. The summed E-state index contributed by atoms with van der Waals surface area (Å²) in [4.78, 5) is 22.9. The number of carbonyl (C=O) groups is 1. The number of aliphatic hydroxyl groups excluding tert-OH is 1. The highest BCUT2D eigenvalue weighted by Crippen LogP contribution is 2.42. The zero-order valence-electron chi connectivity index (χ0n) is 15.7. The zero-order valence-corrected chi connectivity index (χ0v) is 16.5. The Labute approximate surface area is 170 Å². The molecule has 0 saturated carbocycles. The van der Waals surface area contributed by atoms with Crippen molar-refractivity contribution in [1.82, 2.24) is 15.1 Å². The van der Waals surface area contributed by atoms with Crippen LogP contribution >= 0.6 is 11.6 Å². The SMILES string of the molecule is COc1cc(/C(O)=C2\C(=O)Nc3cc(Cl)c(-c4cnc(N(C)C)nc4)cc32)on1. The highest BCUT2D eigenvalue weighted by molar-refractivity contribution is 6.38. The van der Waals surface area contributed by atoms with Crippen molar-refractivity contribution in [3.63, 3.8) is 0 Å². The van der Waals surface area contributed by atoms with Gasteiger partial charge in [-0.1, -0.05) is 11.6 Å². The number of methoxy groups -OCH3 is 1. The summed E-state index contributed by atoms with van der Waals surface area (Å²) in [7, 11) is 5.10. The molecule has 1 aromatic carbocycles. The molecule has 0 saturated heterocycles. The lowest BCUT2D eigenvalue weighted by Crippen LogP contribution is -2.12. The van der Waals surface area contributed by atoms with Crippen molar-refractivity contribution < 1.29 is 19.2 Å². The van der Waals surface area contributed by atoms with Gasteiger partial charge in [0.15, 0.2) is 5.76 Å². The van der Waals surface area contributed by atoms with E-state index < -0.39 is 5.91 Å². The number of amides is 1. The van der Waals surface area contributed by atoms with Gasteiger partial charge in [0.25, 0.3) is 11.8 Å². The van der Waals surface area contributed by atoms with Crippen LogP contribution in [0.2, 0.25) is 5.02 Å². The van der Waals surface area contributed by atoms with E-state index >= 15 is 0 Å². The molecular formula is C19H16ClN5O4. The summed E-state index contributed by atoms with van der Waals surface area (Å²) < 4.78 is 10.0. The maximum Gasteiger partial charge on any atom is 0.260 e. The highest BCUT2D eigenvalue weighted by atomic mass is 35.5. The van der Waals surface area contributed by atoms with Crippen LogP contribution in [0.25, 0.3) is 22.5 Å². The third-order valence-electron chi connectivity index (χ3n) is 4.37. The average molecular weight is 414 g/mol. The molecule has 0 spiro atoms. The molecule has 9 nitrogen and oxygen atoms in total. The van der Waals surface area contributed by atoms with Crippen LogP contribution in [0.4, 0.5) is 11.6 Å². The molecule has 3 heterocycles. The van der Waals surface area contributed by atoms with Gasteiger partial charge in [0.05, 0.1) is 29.5 Å². The fourth-order valence-electron chi connectivity index (χ4n) is 2.93. The number of anilines is 2. The first kappa shape index (κ1) is 18.8. The monoisotopic (exact) mass is 413 g/mol. The first-order chi connectivity index (χ1) is 13.9. The number of aromatic nitrogens is 3. The number of benzene rings is 1. The number of nitrogens with zero attached hydrogens (tertiary/aromatic N) is 4.